The summed E-state index contributed by atoms with van der Waals surface area (Å²) in [6.45, 7) is 5.82. The lowest BCUT2D eigenvalue weighted by Crippen LogP contribution is -2.44. The van der Waals surface area contributed by atoms with Crippen molar-refractivity contribution < 1.29 is 0 Å². The average molecular weight is 456 g/mol. The van der Waals surface area contributed by atoms with E-state index in [0.29, 0.717) is 6.04 Å². The maximum Gasteiger partial charge on any atom is 0.191 e. The Morgan fingerprint density at radius 2 is 2.12 bits per heavy atom. The molecule has 3 rings (SSSR count). The summed E-state index contributed by atoms with van der Waals surface area (Å²) < 4.78 is 0. The molecule has 130 valence electrons. The predicted octanol–water partition coefficient (Wildman–Crippen LogP) is 3.70. The summed E-state index contributed by atoms with van der Waals surface area (Å²) in [4.78, 5) is 7.13. The standard InChI is InChI=1S/C18H24N4S.HI/c1-2-19-18(20-12-15-9-11-23-14-15)21-16-8-10-22(13-16)17-6-4-3-5-7-17;/h3-7,9,11,14,16H,2,8,10,12-13H2,1H3,(H2,19,20,21);1H. The maximum absolute atomic E-state index is 4.70. The van der Waals surface area contributed by atoms with Gasteiger partial charge in [-0.25, -0.2) is 4.99 Å². The van der Waals surface area contributed by atoms with E-state index in [1.165, 1.54) is 11.3 Å². The molecule has 1 aromatic carbocycles. The number of hydrogen-bond donors (Lipinski definition) is 2. The van der Waals surface area contributed by atoms with Gasteiger partial charge in [-0.1, -0.05) is 18.2 Å². The number of rotatable bonds is 5. The molecule has 4 nitrogen and oxygen atoms in total. The molecule has 1 unspecified atom stereocenters. The lowest BCUT2D eigenvalue weighted by molar-refractivity contribution is 0.649. The molecule has 1 aliphatic heterocycles. The normalized spacial score (nSPS) is 17.5. The lowest BCUT2D eigenvalue weighted by atomic mass is 10.2. The minimum Gasteiger partial charge on any atom is -0.369 e. The number of guanidine groups is 1. The van der Waals surface area contributed by atoms with Crippen molar-refractivity contribution in [1.82, 2.24) is 10.6 Å². The van der Waals surface area contributed by atoms with E-state index in [4.69, 9.17) is 4.99 Å². The largest absolute Gasteiger partial charge is 0.369 e. The van der Waals surface area contributed by atoms with Crippen molar-refractivity contribution >= 4 is 47.0 Å². The van der Waals surface area contributed by atoms with Gasteiger partial charge in [-0.15, -0.1) is 24.0 Å². The summed E-state index contributed by atoms with van der Waals surface area (Å²) in [6.07, 6.45) is 1.14. The van der Waals surface area contributed by atoms with Crippen LogP contribution in [0.15, 0.2) is 52.2 Å². The Bertz CT molecular complexity index is 615. The highest BCUT2D eigenvalue weighted by Crippen LogP contribution is 2.19. The van der Waals surface area contributed by atoms with Gasteiger partial charge in [0.05, 0.1) is 6.54 Å². The van der Waals surface area contributed by atoms with E-state index in [2.05, 4.69) is 69.6 Å². The Balaban J connectivity index is 0.00000208. The van der Waals surface area contributed by atoms with Crippen molar-refractivity contribution in [3.05, 3.63) is 52.7 Å². The molecule has 1 atom stereocenters. The van der Waals surface area contributed by atoms with Crippen LogP contribution in [0.1, 0.15) is 18.9 Å². The van der Waals surface area contributed by atoms with Crippen LogP contribution < -0.4 is 15.5 Å². The summed E-state index contributed by atoms with van der Waals surface area (Å²) >= 11 is 1.72. The minimum absolute atomic E-state index is 0. The molecule has 0 aliphatic carbocycles. The molecule has 1 saturated heterocycles. The molecule has 1 aromatic heterocycles. The van der Waals surface area contributed by atoms with Gasteiger partial charge in [0.15, 0.2) is 5.96 Å². The summed E-state index contributed by atoms with van der Waals surface area (Å²) in [5.74, 6) is 0.915. The summed E-state index contributed by atoms with van der Waals surface area (Å²) in [5.41, 5.74) is 2.57. The molecule has 1 aliphatic rings. The third-order valence-electron chi connectivity index (χ3n) is 3.99. The maximum atomic E-state index is 4.70. The molecule has 0 radical (unpaired) electrons. The SMILES string of the molecule is CCNC(=NCc1ccsc1)NC1CCN(c2ccccc2)C1.I. The highest BCUT2D eigenvalue weighted by atomic mass is 127. The van der Waals surface area contributed by atoms with Gasteiger partial charge >= 0.3 is 0 Å². The predicted molar refractivity (Wildman–Crippen MR) is 115 cm³/mol. The zero-order valence-corrected chi connectivity index (χ0v) is 17.1. The number of aliphatic imine (C=N–C) groups is 1. The zero-order chi connectivity index (χ0) is 15.9. The van der Waals surface area contributed by atoms with Gasteiger partial charge in [0.25, 0.3) is 0 Å². The van der Waals surface area contributed by atoms with Gasteiger partial charge in [0, 0.05) is 31.4 Å². The van der Waals surface area contributed by atoms with Gasteiger partial charge in [-0.2, -0.15) is 11.3 Å². The van der Waals surface area contributed by atoms with Crippen LogP contribution in [0.2, 0.25) is 0 Å². The van der Waals surface area contributed by atoms with Crippen molar-refractivity contribution in [3.63, 3.8) is 0 Å². The number of nitrogens with one attached hydrogen (secondary N) is 2. The van der Waals surface area contributed by atoms with Crippen LogP contribution in [-0.2, 0) is 6.54 Å². The Morgan fingerprint density at radius 1 is 1.29 bits per heavy atom. The number of anilines is 1. The highest BCUT2D eigenvalue weighted by Gasteiger charge is 2.23. The molecule has 6 heteroatoms. The molecule has 2 heterocycles. The summed E-state index contributed by atoms with van der Waals surface area (Å²) in [5, 5.41) is 11.2. The van der Waals surface area contributed by atoms with Gasteiger partial charge in [0.2, 0.25) is 0 Å². The van der Waals surface area contributed by atoms with Crippen LogP contribution in [-0.4, -0.2) is 31.6 Å². The highest BCUT2D eigenvalue weighted by molar-refractivity contribution is 14.0. The number of nitrogens with zero attached hydrogens (tertiary/aromatic N) is 2. The van der Waals surface area contributed by atoms with E-state index in [-0.39, 0.29) is 24.0 Å². The first-order chi connectivity index (χ1) is 11.3. The fraction of sp³-hybridized carbons (Fsp3) is 0.389. The minimum atomic E-state index is 0. The van der Waals surface area contributed by atoms with Gasteiger partial charge < -0.3 is 15.5 Å². The first-order valence-corrected chi connectivity index (χ1v) is 9.15. The Kier molecular flexibility index (Phi) is 7.84. The van der Waals surface area contributed by atoms with Crippen molar-refractivity contribution in [1.29, 1.82) is 0 Å². The van der Waals surface area contributed by atoms with Gasteiger partial charge in [-0.3, -0.25) is 0 Å². The van der Waals surface area contributed by atoms with Gasteiger partial charge in [0.1, 0.15) is 0 Å². The van der Waals surface area contributed by atoms with Gasteiger partial charge in [-0.05, 0) is 47.9 Å². The second kappa shape index (κ2) is 9.88. The molecule has 0 spiro atoms. The van der Waals surface area contributed by atoms with Crippen LogP contribution in [0, 0.1) is 0 Å². The average Bonchev–Trinajstić information content (AvgIpc) is 3.25. The first-order valence-electron chi connectivity index (χ1n) is 8.21. The summed E-state index contributed by atoms with van der Waals surface area (Å²) in [7, 11) is 0. The fourth-order valence-electron chi connectivity index (χ4n) is 2.82. The van der Waals surface area contributed by atoms with Crippen LogP contribution in [0.3, 0.4) is 0 Å². The van der Waals surface area contributed by atoms with Crippen LogP contribution in [0.5, 0.6) is 0 Å². The Labute approximate surface area is 165 Å². The van der Waals surface area contributed by atoms with E-state index in [1.54, 1.807) is 11.3 Å². The van der Waals surface area contributed by atoms with Crippen molar-refractivity contribution in [3.8, 4) is 0 Å². The van der Waals surface area contributed by atoms with Crippen molar-refractivity contribution in [2.24, 2.45) is 4.99 Å². The molecule has 0 saturated carbocycles. The number of halogens is 1. The van der Waals surface area contributed by atoms with Crippen molar-refractivity contribution in [2.45, 2.75) is 25.9 Å². The molecule has 0 amide bonds. The quantitative estimate of drug-likeness (QED) is 0.410. The second-order valence-corrected chi connectivity index (χ2v) is 6.52. The van der Waals surface area contributed by atoms with E-state index in [1.807, 2.05) is 0 Å². The molecular weight excluding hydrogens is 431 g/mol. The third kappa shape index (κ3) is 5.37. The van der Waals surface area contributed by atoms with Crippen LogP contribution in [0.4, 0.5) is 5.69 Å². The Morgan fingerprint density at radius 3 is 2.83 bits per heavy atom. The van der Waals surface area contributed by atoms with E-state index in [0.717, 1.165) is 38.6 Å². The molecule has 2 N–H and O–H groups in total. The topological polar surface area (TPSA) is 39.7 Å². The lowest BCUT2D eigenvalue weighted by Gasteiger charge is -2.20. The third-order valence-corrected chi connectivity index (χ3v) is 4.73. The molecule has 24 heavy (non-hydrogen) atoms. The van der Waals surface area contributed by atoms with Crippen LogP contribution >= 0.6 is 35.3 Å². The number of hydrogen-bond acceptors (Lipinski definition) is 3. The number of benzene rings is 1. The van der Waals surface area contributed by atoms with E-state index >= 15 is 0 Å². The molecule has 1 fully saturated rings. The van der Waals surface area contributed by atoms with Crippen LogP contribution in [0.25, 0.3) is 0 Å². The van der Waals surface area contributed by atoms with Crippen molar-refractivity contribution in [2.75, 3.05) is 24.5 Å². The second-order valence-electron chi connectivity index (χ2n) is 5.74. The number of para-hydroxylation sites is 1. The fourth-order valence-corrected chi connectivity index (χ4v) is 3.48. The Hall–Kier alpha value is -1.28. The zero-order valence-electron chi connectivity index (χ0n) is 13.9. The van der Waals surface area contributed by atoms with E-state index in [9.17, 15) is 0 Å². The number of thiophene rings is 1. The summed E-state index contributed by atoms with van der Waals surface area (Å²) in [6, 6.07) is 13.2. The first kappa shape index (κ1) is 19.1. The smallest absolute Gasteiger partial charge is 0.191 e. The monoisotopic (exact) mass is 456 g/mol. The molecule has 2 aromatic rings. The molecular formula is C18H25IN4S. The molecule has 0 bridgehead atoms. The van der Waals surface area contributed by atoms with E-state index < -0.39 is 0 Å².